The van der Waals surface area contributed by atoms with Gasteiger partial charge in [0.25, 0.3) is 0 Å². The van der Waals surface area contributed by atoms with Crippen LogP contribution in [0.15, 0.2) is 0 Å². The van der Waals surface area contributed by atoms with Gasteiger partial charge in [-0.1, -0.05) is 13.3 Å². The summed E-state index contributed by atoms with van der Waals surface area (Å²) in [4.78, 5) is 13.5. The second-order valence-corrected chi connectivity index (χ2v) is 5.29. The molecule has 2 fully saturated rings. The Kier molecular flexibility index (Phi) is 3.29. The summed E-state index contributed by atoms with van der Waals surface area (Å²) in [6.07, 6.45) is 5.02. The molecule has 1 saturated heterocycles. The first-order valence-corrected chi connectivity index (χ1v) is 6.15. The van der Waals surface area contributed by atoms with Gasteiger partial charge in [-0.3, -0.25) is 4.79 Å². The van der Waals surface area contributed by atoms with Crippen molar-refractivity contribution in [2.75, 3.05) is 20.1 Å². The summed E-state index contributed by atoms with van der Waals surface area (Å²) in [5, 5.41) is 3.43. The Hall–Kier alpha value is -0.570. The van der Waals surface area contributed by atoms with Crippen LogP contribution < -0.4 is 5.32 Å². The van der Waals surface area contributed by atoms with E-state index in [4.69, 9.17) is 0 Å². The van der Waals surface area contributed by atoms with Gasteiger partial charge in [-0.2, -0.15) is 0 Å². The minimum absolute atomic E-state index is 0.103. The number of amides is 1. The molecule has 3 heteroatoms. The fraction of sp³-hybridized carbons (Fsp3) is 0.917. The fourth-order valence-electron chi connectivity index (χ4n) is 2.83. The number of carbonyl (C=O) groups is 1. The zero-order valence-electron chi connectivity index (χ0n) is 9.83. The molecule has 0 bridgehead atoms. The zero-order valence-corrected chi connectivity index (χ0v) is 9.83. The van der Waals surface area contributed by atoms with Crippen LogP contribution in [-0.2, 0) is 4.79 Å². The van der Waals surface area contributed by atoms with Crippen molar-refractivity contribution in [2.24, 2.45) is 11.8 Å². The lowest BCUT2D eigenvalue weighted by Gasteiger charge is -2.15. The minimum Gasteiger partial charge on any atom is -0.344 e. The Morgan fingerprint density at radius 2 is 2.20 bits per heavy atom. The molecule has 86 valence electrons. The van der Waals surface area contributed by atoms with Crippen LogP contribution in [0.5, 0.6) is 0 Å². The highest BCUT2D eigenvalue weighted by Crippen LogP contribution is 2.29. The number of nitrogens with one attached hydrogen (secondary N) is 1. The van der Waals surface area contributed by atoms with Gasteiger partial charge in [0.15, 0.2) is 0 Å². The number of hydrogen-bond acceptors (Lipinski definition) is 2. The van der Waals surface area contributed by atoms with Crippen LogP contribution in [-0.4, -0.2) is 37.0 Å². The Labute approximate surface area is 92.2 Å². The van der Waals surface area contributed by atoms with Gasteiger partial charge in [0.2, 0.25) is 5.91 Å². The quantitative estimate of drug-likeness (QED) is 0.760. The maximum Gasteiger partial charge on any atom is 0.239 e. The van der Waals surface area contributed by atoms with E-state index in [1.807, 2.05) is 11.9 Å². The van der Waals surface area contributed by atoms with Gasteiger partial charge in [0.05, 0.1) is 6.04 Å². The number of carbonyl (C=O) groups excluding carboxylic acids is 1. The van der Waals surface area contributed by atoms with E-state index in [9.17, 15) is 4.79 Å². The molecule has 1 saturated carbocycles. The third kappa shape index (κ3) is 2.51. The summed E-state index contributed by atoms with van der Waals surface area (Å²) in [6, 6.07) is 0.103. The molecular formula is C12H22N2O. The van der Waals surface area contributed by atoms with E-state index in [0.29, 0.717) is 0 Å². The minimum atomic E-state index is 0.103. The molecule has 0 aromatic carbocycles. The van der Waals surface area contributed by atoms with Gasteiger partial charge in [0.1, 0.15) is 0 Å². The molecule has 0 aromatic rings. The first-order chi connectivity index (χ1) is 7.16. The van der Waals surface area contributed by atoms with Gasteiger partial charge in [0, 0.05) is 13.6 Å². The average molecular weight is 210 g/mol. The number of likely N-dealkylation sites (N-methyl/N-ethyl adjacent to an activating group) is 1. The van der Waals surface area contributed by atoms with Gasteiger partial charge < -0.3 is 10.2 Å². The molecule has 15 heavy (non-hydrogen) atoms. The smallest absolute Gasteiger partial charge is 0.239 e. The van der Waals surface area contributed by atoms with Gasteiger partial charge in [-0.05, 0) is 37.6 Å². The molecule has 2 rings (SSSR count). The standard InChI is InChI=1S/C12H22N2O/c1-9-3-4-10(7-9)8-13-11-5-6-14(2)12(11)15/h9-11,13H,3-8H2,1-2H3. The second-order valence-electron chi connectivity index (χ2n) is 5.29. The molecule has 3 atom stereocenters. The van der Waals surface area contributed by atoms with Crippen molar-refractivity contribution in [3.8, 4) is 0 Å². The lowest BCUT2D eigenvalue weighted by atomic mass is 10.1. The van der Waals surface area contributed by atoms with E-state index < -0.39 is 0 Å². The van der Waals surface area contributed by atoms with Crippen molar-refractivity contribution >= 4 is 5.91 Å². The summed E-state index contributed by atoms with van der Waals surface area (Å²) in [5.74, 6) is 1.97. The van der Waals surface area contributed by atoms with Gasteiger partial charge in [-0.25, -0.2) is 0 Å². The maximum atomic E-state index is 11.6. The molecule has 0 aromatic heterocycles. The lowest BCUT2D eigenvalue weighted by Crippen LogP contribution is -2.39. The summed E-state index contributed by atoms with van der Waals surface area (Å²) in [6.45, 7) is 4.28. The van der Waals surface area contributed by atoms with E-state index >= 15 is 0 Å². The van der Waals surface area contributed by atoms with Crippen LogP contribution in [0.25, 0.3) is 0 Å². The third-order valence-electron chi connectivity index (χ3n) is 3.88. The normalized spacial score (nSPS) is 36.5. The van der Waals surface area contributed by atoms with E-state index in [1.54, 1.807) is 0 Å². The van der Waals surface area contributed by atoms with Gasteiger partial charge in [-0.15, -0.1) is 0 Å². The molecule has 1 amide bonds. The van der Waals surface area contributed by atoms with Crippen molar-refractivity contribution in [3.05, 3.63) is 0 Å². The molecule has 1 N–H and O–H groups in total. The number of rotatable bonds is 3. The van der Waals surface area contributed by atoms with Crippen molar-refractivity contribution in [1.29, 1.82) is 0 Å². The number of nitrogens with zero attached hydrogens (tertiary/aromatic N) is 1. The highest BCUT2D eigenvalue weighted by atomic mass is 16.2. The van der Waals surface area contributed by atoms with Crippen molar-refractivity contribution < 1.29 is 4.79 Å². The highest BCUT2D eigenvalue weighted by molar-refractivity contribution is 5.83. The Bertz CT molecular complexity index is 242. The van der Waals surface area contributed by atoms with Crippen molar-refractivity contribution in [2.45, 2.75) is 38.6 Å². The molecular weight excluding hydrogens is 188 g/mol. The largest absolute Gasteiger partial charge is 0.344 e. The Morgan fingerprint density at radius 1 is 1.40 bits per heavy atom. The monoisotopic (exact) mass is 210 g/mol. The molecule has 1 aliphatic carbocycles. The van der Waals surface area contributed by atoms with Crippen LogP contribution in [0, 0.1) is 11.8 Å². The summed E-state index contributed by atoms with van der Waals surface area (Å²) < 4.78 is 0. The zero-order chi connectivity index (χ0) is 10.8. The highest BCUT2D eigenvalue weighted by Gasteiger charge is 2.30. The van der Waals surface area contributed by atoms with Crippen LogP contribution in [0.2, 0.25) is 0 Å². The van der Waals surface area contributed by atoms with Crippen LogP contribution >= 0.6 is 0 Å². The third-order valence-corrected chi connectivity index (χ3v) is 3.88. The maximum absolute atomic E-state index is 11.6. The number of likely N-dealkylation sites (tertiary alicyclic amines) is 1. The summed E-state index contributed by atoms with van der Waals surface area (Å²) in [7, 11) is 1.89. The molecule has 2 aliphatic rings. The predicted octanol–water partition coefficient (Wildman–Crippen LogP) is 1.24. The van der Waals surface area contributed by atoms with E-state index in [-0.39, 0.29) is 11.9 Å². The van der Waals surface area contributed by atoms with Crippen LogP contribution in [0.3, 0.4) is 0 Å². The van der Waals surface area contributed by atoms with E-state index in [1.165, 1.54) is 19.3 Å². The molecule has 1 heterocycles. The Morgan fingerprint density at radius 3 is 2.73 bits per heavy atom. The van der Waals surface area contributed by atoms with E-state index in [0.717, 1.165) is 31.3 Å². The van der Waals surface area contributed by atoms with Crippen LogP contribution in [0.1, 0.15) is 32.6 Å². The van der Waals surface area contributed by atoms with E-state index in [2.05, 4.69) is 12.2 Å². The Balaban J connectivity index is 1.72. The predicted molar refractivity (Wildman–Crippen MR) is 60.5 cm³/mol. The number of hydrogen-bond donors (Lipinski definition) is 1. The van der Waals surface area contributed by atoms with Crippen LogP contribution in [0.4, 0.5) is 0 Å². The van der Waals surface area contributed by atoms with Crippen molar-refractivity contribution in [3.63, 3.8) is 0 Å². The van der Waals surface area contributed by atoms with Gasteiger partial charge >= 0.3 is 0 Å². The topological polar surface area (TPSA) is 32.3 Å². The molecule has 1 aliphatic heterocycles. The summed E-state index contributed by atoms with van der Waals surface area (Å²) >= 11 is 0. The van der Waals surface area contributed by atoms with Crippen molar-refractivity contribution in [1.82, 2.24) is 10.2 Å². The first kappa shape index (κ1) is 10.9. The molecule has 0 radical (unpaired) electrons. The first-order valence-electron chi connectivity index (χ1n) is 6.15. The average Bonchev–Trinajstić information content (AvgIpc) is 2.74. The SMILES string of the molecule is CC1CCC(CNC2CCN(C)C2=O)C1. The molecule has 3 unspecified atom stereocenters. The summed E-state index contributed by atoms with van der Waals surface area (Å²) in [5.41, 5.74) is 0. The molecule has 0 spiro atoms. The molecule has 3 nitrogen and oxygen atoms in total. The second kappa shape index (κ2) is 4.52. The lowest BCUT2D eigenvalue weighted by molar-refractivity contribution is -0.128. The fourth-order valence-corrected chi connectivity index (χ4v) is 2.83.